The first kappa shape index (κ1) is 14.0. The van der Waals surface area contributed by atoms with Crippen LogP contribution in [0.1, 0.15) is 35.3 Å². The number of hydrogen-bond donors (Lipinski definition) is 0. The van der Waals surface area contributed by atoms with E-state index in [0.29, 0.717) is 5.33 Å². The molecule has 1 aliphatic carbocycles. The molecule has 0 heterocycles. The van der Waals surface area contributed by atoms with E-state index in [4.69, 9.17) is 0 Å². The minimum absolute atomic E-state index is 0.0126. The van der Waals surface area contributed by atoms with Crippen molar-refractivity contribution in [1.82, 2.24) is 0 Å². The van der Waals surface area contributed by atoms with Crippen LogP contribution in [0.25, 0.3) is 11.1 Å². The number of alkyl halides is 1. The second-order valence-corrected chi connectivity index (χ2v) is 7.11. The number of benzene rings is 2. The number of fused-ring (bicyclic) bond motifs is 3. The van der Waals surface area contributed by atoms with Crippen molar-refractivity contribution in [2.75, 3.05) is 5.33 Å². The van der Waals surface area contributed by atoms with Crippen LogP contribution in [0.5, 0.6) is 0 Å². The zero-order chi connectivity index (χ0) is 14.5. The first-order chi connectivity index (χ1) is 9.45. The highest BCUT2D eigenvalue weighted by Crippen LogP contribution is 2.49. The zero-order valence-electron chi connectivity index (χ0n) is 11.3. The van der Waals surface area contributed by atoms with Gasteiger partial charge in [-0.25, -0.2) is 0 Å². The lowest BCUT2D eigenvalue weighted by molar-refractivity contribution is 0.102. The Kier molecular flexibility index (Phi) is 3.38. The number of hydrogen-bond acceptors (Lipinski definition) is 1. The maximum atomic E-state index is 11.9. The Morgan fingerprint density at radius 1 is 1.05 bits per heavy atom. The van der Waals surface area contributed by atoms with E-state index in [1.807, 2.05) is 12.1 Å². The molecule has 3 heteroatoms. The highest BCUT2D eigenvalue weighted by Gasteiger charge is 2.35. The summed E-state index contributed by atoms with van der Waals surface area (Å²) in [5.74, 6) is 0.119. The van der Waals surface area contributed by atoms with Crippen LogP contribution in [-0.2, 0) is 5.41 Å². The molecule has 0 aromatic heterocycles. The Morgan fingerprint density at radius 3 is 2.30 bits per heavy atom. The fourth-order valence-corrected chi connectivity index (χ4v) is 3.68. The Morgan fingerprint density at radius 2 is 1.65 bits per heavy atom. The molecule has 0 saturated heterocycles. The van der Waals surface area contributed by atoms with E-state index in [1.165, 1.54) is 22.3 Å². The maximum absolute atomic E-state index is 11.9. The van der Waals surface area contributed by atoms with Crippen molar-refractivity contribution in [2.24, 2.45) is 0 Å². The summed E-state index contributed by atoms with van der Waals surface area (Å²) in [7, 11) is 0. The van der Waals surface area contributed by atoms with Crippen molar-refractivity contribution < 1.29 is 4.79 Å². The molecule has 0 amide bonds. The molecule has 0 atom stereocenters. The Labute approximate surface area is 135 Å². The summed E-state index contributed by atoms with van der Waals surface area (Å²) in [6.07, 6.45) is 0. The molecular weight excluding hydrogens is 380 g/mol. The third kappa shape index (κ3) is 1.99. The lowest BCUT2D eigenvalue weighted by Crippen LogP contribution is -2.15. The lowest BCUT2D eigenvalue weighted by Gasteiger charge is -2.21. The topological polar surface area (TPSA) is 17.1 Å². The van der Waals surface area contributed by atoms with Gasteiger partial charge in [0, 0.05) is 15.5 Å². The Bertz CT molecular complexity index is 717. The van der Waals surface area contributed by atoms with E-state index in [-0.39, 0.29) is 11.2 Å². The molecule has 0 N–H and O–H groups in total. The number of Topliss-reactive ketones (excluding diaryl/α,β-unsaturated/α-hetero) is 1. The number of ketones is 1. The van der Waals surface area contributed by atoms with Gasteiger partial charge in [0.15, 0.2) is 5.78 Å². The van der Waals surface area contributed by atoms with E-state index in [1.54, 1.807) is 0 Å². The van der Waals surface area contributed by atoms with Crippen molar-refractivity contribution in [2.45, 2.75) is 19.3 Å². The molecule has 102 valence electrons. The van der Waals surface area contributed by atoms with E-state index in [2.05, 4.69) is 70.0 Å². The Balaban J connectivity index is 2.27. The van der Waals surface area contributed by atoms with E-state index >= 15 is 0 Å². The average Bonchev–Trinajstić information content (AvgIpc) is 2.66. The van der Waals surface area contributed by atoms with Gasteiger partial charge in [0.2, 0.25) is 0 Å². The van der Waals surface area contributed by atoms with E-state index < -0.39 is 0 Å². The molecule has 2 aromatic carbocycles. The van der Waals surface area contributed by atoms with Crippen LogP contribution in [0.4, 0.5) is 0 Å². The SMILES string of the molecule is CC1(C)c2ccc(Br)cc2-c2cc(C(=O)CBr)ccc21. The summed E-state index contributed by atoms with van der Waals surface area (Å²) in [6.45, 7) is 4.47. The van der Waals surface area contributed by atoms with Crippen LogP contribution in [0.3, 0.4) is 0 Å². The van der Waals surface area contributed by atoms with Gasteiger partial charge in [-0.1, -0.05) is 63.9 Å². The lowest BCUT2D eigenvalue weighted by atomic mass is 9.82. The molecule has 0 spiro atoms. The molecule has 0 unspecified atom stereocenters. The summed E-state index contributed by atoms with van der Waals surface area (Å²) >= 11 is 6.78. The van der Waals surface area contributed by atoms with Crippen LogP contribution in [0, 0.1) is 0 Å². The van der Waals surface area contributed by atoms with Crippen molar-refractivity contribution in [3.63, 3.8) is 0 Å². The predicted molar refractivity (Wildman–Crippen MR) is 89.8 cm³/mol. The number of carbonyl (C=O) groups excluding carboxylic acids is 1. The van der Waals surface area contributed by atoms with Crippen molar-refractivity contribution in [3.8, 4) is 11.1 Å². The van der Waals surface area contributed by atoms with Crippen LogP contribution < -0.4 is 0 Å². The molecule has 0 bridgehead atoms. The summed E-state index contributed by atoms with van der Waals surface area (Å²) in [4.78, 5) is 11.9. The molecular formula is C17H14Br2O. The third-order valence-corrected chi connectivity index (χ3v) is 5.08. The van der Waals surface area contributed by atoms with Gasteiger partial charge in [-0.2, -0.15) is 0 Å². The molecule has 0 saturated carbocycles. The van der Waals surface area contributed by atoms with Crippen LogP contribution in [0.2, 0.25) is 0 Å². The van der Waals surface area contributed by atoms with Gasteiger partial charge >= 0.3 is 0 Å². The highest BCUT2D eigenvalue weighted by atomic mass is 79.9. The average molecular weight is 394 g/mol. The van der Waals surface area contributed by atoms with Crippen LogP contribution >= 0.6 is 31.9 Å². The van der Waals surface area contributed by atoms with Crippen LogP contribution in [-0.4, -0.2) is 11.1 Å². The molecule has 20 heavy (non-hydrogen) atoms. The monoisotopic (exact) mass is 392 g/mol. The molecule has 0 fully saturated rings. The fourth-order valence-electron chi connectivity index (χ4n) is 2.99. The summed E-state index contributed by atoms with van der Waals surface area (Å²) in [6, 6.07) is 12.5. The summed E-state index contributed by atoms with van der Waals surface area (Å²) in [5, 5.41) is 0.362. The van der Waals surface area contributed by atoms with Crippen LogP contribution in [0.15, 0.2) is 40.9 Å². The smallest absolute Gasteiger partial charge is 0.173 e. The van der Waals surface area contributed by atoms with Gasteiger partial charge in [-0.15, -0.1) is 0 Å². The predicted octanol–water partition coefficient (Wildman–Crippen LogP) is 5.33. The maximum Gasteiger partial charge on any atom is 0.173 e. The highest BCUT2D eigenvalue weighted by molar-refractivity contribution is 9.10. The van der Waals surface area contributed by atoms with Gasteiger partial charge in [0.1, 0.15) is 0 Å². The van der Waals surface area contributed by atoms with Crippen molar-refractivity contribution >= 4 is 37.6 Å². The summed E-state index contributed by atoms with van der Waals surface area (Å²) in [5.41, 5.74) is 5.77. The van der Waals surface area contributed by atoms with Gasteiger partial charge in [0.25, 0.3) is 0 Å². The largest absolute Gasteiger partial charge is 0.293 e. The molecule has 2 aromatic rings. The fraction of sp³-hybridized carbons (Fsp3) is 0.235. The minimum atomic E-state index is -0.0126. The third-order valence-electron chi connectivity index (χ3n) is 4.08. The van der Waals surface area contributed by atoms with Crippen molar-refractivity contribution in [1.29, 1.82) is 0 Å². The second kappa shape index (κ2) is 4.81. The van der Waals surface area contributed by atoms with E-state index in [9.17, 15) is 4.79 Å². The van der Waals surface area contributed by atoms with Gasteiger partial charge in [-0.05, 0) is 40.5 Å². The number of rotatable bonds is 2. The Hall–Kier alpha value is -0.930. The second-order valence-electron chi connectivity index (χ2n) is 5.63. The normalized spacial score (nSPS) is 14.8. The first-order valence-electron chi connectivity index (χ1n) is 6.49. The van der Waals surface area contributed by atoms with E-state index in [0.717, 1.165) is 10.0 Å². The van der Waals surface area contributed by atoms with Gasteiger partial charge in [0.05, 0.1) is 5.33 Å². The molecule has 1 aliphatic rings. The molecule has 0 radical (unpaired) electrons. The first-order valence-corrected chi connectivity index (χ1v) is 8.40. The van der Waals surface area contributed by atoms with Gasteiger partial charge < -0.3 is 0 Å². The molecule has 3 rings (SSSR count). The molecule has 1 nitrogen and oxygen atoms in total. The zero-order valence-corrected chi connectivity index (χ0v) is 14.5. The van der Waals surface area contributed by atoms with Gasteiger partial charge in [-0.3, -0.25) is 4.79 Å². The quantitative estimate of drug-likeness (QED) is 0.497. The molecule has 0 aliphatic heterocycles. The standard InChI is InChI=1S/C17H14Br2O/c1-17(2)14-5-3-10(16(20)9-18)7-12(14)13-8-11(19)4-6-15(13)17/h3-8H,9H2,1-2H3. The minimum Gasteiger partial charge on any atom is -0.293 e. The number of halogens is 2. The number of carbonyl (C=O) groups is 1. The summed E-state index contributed by atoms with van der Waals surface area (Å²) < 4.78 is 1.07. The van der Waals surface area contributed by atoms with Crippen molar-refractivity contribution in [3.05, 3.63) is 57.6 Å².